The van der Waals surface area contributed by atoms with E-state index in [-0.39, 0.29) is 77.1 Å². The number of ether oxygens (including phenoxy) is 2. The number of aliphatic hydroxyl groups is 8. The first-order chi connectivity index (χ1) is 35.9. The van der Waals surface area contributed by atoms with Gasteiger partial charge >= 0.3 is 0 Å². The lowest BCUT2D eigenvalue weighted by molar-refractivity contribution is -0.354. The van der Waals surface area contributed by atoms with E-state index in [4.69, 9.17) is 20.9 Å². The molecule has 2 saturated heterocycles. The number of benzene rings is 4. The van der Waals surface area contributed by atoms with Gasteiger partial charge in [0.25, 0.3) is 35.4 Å². The summed E-state index contributed by atoms with van der Waals surface area (Å²) in [7, 11) is 1.49. The van der Waals surface area contributed by atoms with Crippen LogP contribution in [0.15, 0.2) is 97.1 Å². The van der Waals surface area contributed by atoms with E-state index in [9.17, 15) is 69.6 Å². The lowest BCUT2D eigenvalue weighted by Crippen LogP contribution is -2.69. The number of amides is 6. The van der Waals surface area contributed by atoms with Gasteiger partial charge in [-0.15, -0.1) is 0 Å². The molecular formula is C50H48N10O16. The van der Waals surface area contributed by atoms with Crippen LogP contribution in [0, 0.1) is 5.92 Å². The highest BCUT2D eigenvalue weighted by molar-refractivity contribution is 6.11. The van der Waals surface area contributed by atoms with E-state index in [0.717, 1.165) is 4.90 Å². The molecule has 4 aromatic carbocycles. The zero-order chi connectivity index (χ0) is 54.4. The van der Waals surface area contributed by atoms with Gasteiger partial charge in [0, 0.05) is 53.4 Å². The van der Waals surface area contributed by atoms with Gasteiger partial charge in [0.1, 0.15) is 22.9 Å². The lowest BCUT2D eigenvalue weighted by atomic mass is 9.88. The summed E-state index contributed by atoms with van der Waals surface area (Å²) in [6, 6.07) is 23.7. The monoisotopic (exact) mass is 1040 g/mol. The molecule has 4 aliphatic heterocycles. The zero-order valence-electron chi connectivity index (χ0n) is 40.0. The topological polar surface area (TPSA) is 383 Å². The predicted molar refractivity (Wildman–Crippen MR) is 261 cm³/mol. The second-order valence-corrected chi connectivity index (χ2v) is 18.7. The minimum Gasteiger partial charge on any atom is -0.497 e. The highest BCUT2D eigenvalue weighted by Gasteiger charge is 2.59. The highest BCUT2D eigenvalue weighted by atomic mass is 16.6. The van der Waals surface area contributed by atoms with Gasteiger partial charge in [-0.05, 0) is 110 Å². The fraction of sp³-hybridized carbons (Fsp3) is 0.280. The van der Waals surface area contributed by atoms with E-state index >= 15 is 0 Å². The van der Waals surface area contributed by atoms with Crippen molar-refractivity contribution in [3.05, 3.63) is 131 Å². The van der Waals surface area contributed by atoms with Crippen molar-refractivity contribution in [3.8, 4) is 22.9 Å². The molecule has 394 valence electrons. The Kier molecular flexibility index (Phi) is 12.3. The van der Waals surface area contributed by atoms with Crippen molar-refractivity contribution in [2.75, 3.05) is 53.0 Å². The molecule has 26 nitrogen and oxygen atoms in total. The quantitative estimate of drug-likeness (QED) is 0.0625. The van der Waals surface area contributed by atoms with Crippen LogP contribution in [-0.2, 0) is 22.4 Å². The third-order valence-corrected chi connectivity index (χ3v) is 13.9. The highest BCUT2D eigenvalue weighted by Crippen LogP contribution is 2.41. The minimum atomic E-state index is -3.10. The lowest BCUT2D eigenvalue weighted by Gasteiger charge is -2.47. The molecule has 12 N–H and O–H groups in total. The largest absolute Gasteiger partial charge is 0.497 e. The molecule has 6 aromatic rings. The molecule has 6 heterocycles. The van der Waals surface area contributed by atoms with Crippen molar-refractivity contribution in [1.82, 2.24) is 19.6 Å². The smallest absolute Gasteiger partial charge is 0.291 e. The second kappa shape index (κ2) is 18.4. The molecule has 2 fully saturated rings. The molecule has 10 rings (SSSR count). The van der Waals surface area contributed by atoms with Crippen molar-refractivity contribution in [3.63, 3.8) is 0 Å². The van der Waals surface area contributed by atoms with Gasteiger partial charge in [0.2, 0.25) is 23.3 Å². The van der Waals surface area contributed by atoms with Gasteiger partial charge in [0.05, 0.1) is 44.0 Å². The van der Waals surface area contributed by atoms with Crippen molar-refractivity contribution in [1.29, 1.82) is 0 Å². The van der Waals surface area contributed by atoms with E-state index in [1.807, 2.05) is 0 Å². The summed E-state index contributed by atoms with van der Waals surface area (Å²) >= 11 is 0. The number of nitrogens with zero attached hydrogens (tertiary/aromatic N) is 8. The summed E-state index contributed by atoms with van der Waals surface area (Å²) in [5.41, 5.74) is 13.2. The maximum Gasteiger partial charge on any atom is 0.291 e. The average Bonchev–Trinajstić information content (AvgIpc) is 3.99. The van der Waals surface area contributed by atoms with Crippen LogP contribution in [-0.4, -0.2) is 152 Å². The maximum atomic E-state index is 14.2. The molecule has 0 bridgehead atoms. The van der Waals surface area contributed by atoms with Crippen LogP contribution in [0.5, 0.6) is 11.5 Å². The van der Waals surface area contributed by atoms with Crippen molar-refractivity contribution in [2.45, 2.75) is 49.0 Å². The van der Waals surface area contributed by atoms with E-state index in [0.29, 0.717) is 33.3 Å². The Bertz CT molecular complexity index is 3350. The van der Waals surface area contributed by atoms with Gasteiger partial charge in [-0.1, -0.05) is 0 Å². The van der Waals surface area contributed by atoms with E-state index in [1.165, 1.54) is 99.1 Å². The fourth-order valence-corrected chi connectivity index (χ4v) is 9.86. The first-order valence-corrected chi connectivity index (χ1v) is 23.4. The van der Waals surface area contributed by atoms with Crippen LogP contribution in [0.3, 0.4) is 0 Å². The summed E-state index contributed by atoms with van der Waals surface area (Å²) in [5.74, 6) is -18.3. The van der Waals surface area contributed by atoms with Crippen molar-refractivity contribution >= 4 is 58.2 Å². The van der Waals surface area contributed by atoms with Crippen LogP contribution in [0.1, 0.15) is 65.9 Å². The van der Waals surface area contributed by atoms with E-state index in [1.54, 1.807) is 24.3 Å². The summed E-state index contributed by atoms with van der Waals surface area (Å²) in [6.07, 6.45) is -1.54. The van der Waals surface area contributed by atoms with Gasteiger partial charge in [-0.25, -0.2) is 9.36 Å². The first-order valence-electron chi connectivity index (χ1n) is 23.4. The summed E-state index contributed by atoms with van der Waals surface area (Å²) in [4.78, 5) is 83.7. The van der Waals surface area contributed by atoms with Crippen LogP contribution in [0.25, 0.3) is 11.4 Å². The Morgan fingerprint density at radius 1 is 0.592 bits per heavy atom. The van der Waals surface area contributed by atoms with Crippen molar-refractivity contribution in [2.24, 2.45) is 17.4 Å². The van der Waals surface area contributed by atoms with Gasteiger partial charge in [-0.2, -0.15) is 10.2 Å². The number of fused-ring (bicyclic) bond motifs is 2. The van der Waals surface area contributed by atoms with E-state index in [2.05, 4.69) is 10.2 Å². The number of piperidine rings is 2. The van der Waals surface area contributed by atoms with Crippen LogP contribution in [0.2, 0.25) is 0 Å². The molecule has 0 spiro atoms. The normalized spacial score (nSPS) is 19.6. The first kappa shape index (κ1) is 50.9. The number of primary amides is 2. The molecule has 1 atom stereocenters. The second-order valence-electron chi connectivity index (χ2n) is 18.7. The SMILES string of the molecule is COc1ccc(-n2nc(C(N)=O)c3c2C(=O)N(c2ccc(N4C(=O)C(O)(O)CC(COc5ccc(-n6nc(C(N)=O)c7c6C(=O)N(c6ccc(N8CC(O)(O)C(O)(O)CC8=O)cc6)CC7)cc5)C4(O)O)cc2)CC3)cc1. The van der Waals surface area contributed by atoms with Crippen LogP contribution >= 0.6 is 0 Å². The molecular weight excluding hydrogens is 997 g/mol. The number of carbonyl (C=O) groups excluding carboxylic acids is 6. The van der Waals surface area contributed by atoms with Crippen LogP contribution in [0.4, 0.5) is 22.7 Å². The molecule has 2 aromatic heterocycles. The van der Waals surface area contributed by atoms with Crippen molar-refractivity contribution < 1.29 is 79.1 Å². The zero-order valence-corrected chi connectivity index (χ0v) is 40.0. The third-order valence-electron chi connectivity index (χ3n) is 13.9. The Labute approximate surface area is 428 Å². The number of carbonyl (C=O) groups is 6. The summed E-state index contributed by atoms with van der Waals surface area (Å²) in [5, 5.41) is 94.1. The Morgan fingerprint density at radius 2 is 1.01 bits per heavy atom. The van der Waals surface area contributed by atoms with Gasteiger partial charge < -0.3 is 76.5 Å². The fourth-order valence-electron chi connectivity index (χ4n) is 9.86. The number of β-amino-alcohol motifs (C(OH)–C–C–N with tert-alkyl or cyclic N) is 2. The summed E-state index contributed by atoms with van der Waals surface area (Å²) in [6.45, 7) is -1.28. The maximum absolute atomic E-state index is 14.2. The number of aromatic nitrogens is 4. The number of rotatable bonds is 12. The molecule has 76 heavy (non-hydrogen) atoms. The van der Waals surface area contributed by atoms with Crippen LogP contribution < -0.4 is 40.5 Å². The molecule has 6 amide bonds. The summed E-state index contributed by atoms with van der Waals surface area (Å²) < 4.78 is 13.7. The van der Waals surface area contributed by atoms with Gasteiger partial charge in [0.15, 0.2) is 11.4 Å². The number of hydrogen-bond donors (Lipinski definition) is 10. The third kappa shape index (κ3) is 8.52. The Balaban J connectivity index is 0.846. The number of anilines is 4. The standard InChI is InChI=1S/C50H48N10O16/c1-75-33-14-10-31(11-15-33)59-40-35(38(53-59)42(51)62)19-21-56(45(40)65)28-6-8-30(9-7-28)58-46(66)47(67,68)22-26(50(58,73)74)24-76-34-16-12-32(13-17-34)60-41-36(39(54-60)43(52)63)18-20-55(44(41)64)27-2-4-29(5-3-27)57-25-49(71,72)48(69,70)23-37(57)61/h2-17,26,67-74H,18-25H2,1H3,(H2,51,62)(H2,52,63). The number of hydrogen-bond acceptors (Lipinski definition) is 18. The Morgan fingerprint density at radius 3 is 1.46 bits per heavy atom. The molecule has 4 aliphatic rings. The number of nitrogens with two attached hydrogens (primary N) is 2. The molecule has 0 aliphatic carbocycles. The minimum absolute atomic E-state index is 0.00297. The van der Waals surface area contributed by atoms with E-state index < -0.39 is 90.6 Å². The molecule has 1 unspecified atom stereocenters. The Hall–Kier alpha value is -8.60. The van der Waals surface area contributed by atoms with Gasteiger partial charge in [-0.3, -0.25) is 33.7 Å². The predicted octanol–water partition coefficient (Wildman–Crippen LogP) is -1.48. The molecule has 0 radical (unpaired) electrons. The molecule has 0 saturated carbocycles. The molecule has 26 heteroatoms. The average molecular weight is 1040 g/mol. The number of methoxy groups -OCH3 is 1.